The van der Waals surface area contributed by atoms with Gasteiger partial charge < -0.3 is 20.4 Å². The summed E-state index contributed by atoms with van der Waals surface area (Å²) in [5.74, 6) is -1.26. The second kappa shape index (κ2) is 11.3. The first-order valence-electron chi connectivity index (χ1n) is 11.0. The Morgan fingerprint density at radius 1 is 0.969 bits per heavy atom. The van der Waals surface area contributed by atoms with Crippen LogP contribution in [0.25, 0.3) is 0 Å². The number of carbonyl (C=O) groups is 2. The summed E-state index contributed by atoms with van der Waals surface area (Å²) in [7, 11) is 4.02. The molecule has 0 aliphatic carbocycles. The number of hydrogen-bond acceptors (Lipinski definition) is 5. The molecule has 1 aliphatic heterocycles. The van der Waals surface area contributed by atoms with E-state index in [2.05, 4.69) is 80.4 Å². The average molecular weight is 436 g/mol. The first kappa shape index (κ1) is 23.3. The van der Waals surface area contributed by atoms with Crippen molar-refractivity contribution in [2.75, 3.05) is 63.2 Å². The third-order valence-corrected chi connectivity index (χ3v) is 5.74. The number of rotatable bonds is 8. The zero-order chi connectivity index (χ0) is 22.9. The van der Waals surface area contributed by atoms with Gasteiger partial charge in [0.2, 0.25) is 0 Å². The van der Waals surface area contributed by atoms with Crippen LogP contribution < -0.4 is 20.4 Å². The van der Waals surface area contributed by atoms with Gasteiger partial charge in [0.15, 0.2) is 0 Å². The topological polar surface area (TPSA) is 67.9 Å². The first-order chi connectivity index (χ1) is 15.5. The first-order valence-corrected chi connectivity index (χ1v) is 11.0. The molecular weight excluding hydrogens is 402 g/mol. The molecule has 1 heterocycles. The van der Waals surface area contributed by atoms with Gasteiger partial charge in [-0.3, -0.25) is 14.5 Å². The van der Waals surface area contributed by atoms with Crippen molar-refractivity contribution in [3.8, 4) is 0 Å². The monoisotopic (exact) mass is 435 g/mol. The number of anilines is 2. The Bertz CT molecular complexity index is 890. The van der Waals surface area contributed by atoms with E-state index in [4.69, 9.17) is 0 Å². The fraction of sp³-hybridized carbons (Fsp3) is 0.360. The van der Waals surface area contributed by atoms with E-state index in [1.807, 2.05) is 20.2 Å². The number of para-hydroxylation sites is 1. The zero-order valence-corrected chi connectivity index (χ0v) is 19.0. The van der Waals surface area contributed by atoms with Crippen LogP contribution in [0.2, 0.25) is 0 Å². The molecule has 0 radical (unpaired) electrons. The van der Waals surface area contributed by atoms with Crippen molar-refractivity contribution in [1.82, 2.24) is 15.5 Å². The van der Waals surface area contributed by atoms with E-state index in [9.17, 15) is 9.59 Å². The Morgan fingerprint density at radius 2 is 1.59 bits per heavy atom. The van der Waals surface area contributed by atoms with E-state index in [0.717, 1.165) is 37.4 Å². The second-order valence-corrected chi connectivity index (χ2v) is 8.07. The lowest BCUT2D eigenvalue weighted by atomic mass is 10.0. The number of carbonyl (C=O) groups excluding carboxylic acids is 2. The van der Waals surface area contributed by atoms with Gasteiger partial charge in [0.25, 0.3) is 0 Å². The molecule has 32 heavy (non-hydrogen) atoms. The highest BCUT2D eigenvalue weighted by atomic mass is 16.2. The molecule has 0 aromatic heterocycles. The quantitative estimate of drug-likeness (QED) is 0.491. The highest BCUT2D eigenvalue weighted by molar-refractivity contribution is 6.35. The molecule has 2 N–H and O–H groups in total. The lowest BCUT2D eigenvalue weighted by molar-refractivity contribution is -0.139. The SMILES string of the molecule is C=CCNC(=O)C(=O)NC[C@@H](c1ccc(N(C)C)cc1)N1CCN(c2ccccc2)CC1. The van der Waals surface area contributed by atoms with Gasteiger partial charge in [-0.2, -0.15) is 0 Å². The molecule has 7 nitrogen and oxygen atoms in total. The number of hydrogen-bond donors (Lipinski definition) is 2. The van der Waals surface area contributed by atoms with E-state index in [1.165, 1.54) is 5.69 Å². The molecule has 0 bridgehead atoms. The van der Waals surface area contributed by atoms with E-state index in [1.54, 1.807) is 6.08 Å². The van der Waals surface area contributed by atoms with Crippen molar-refractivity contribution in [2.24, 2.45) is 0 Å². The summed E-state index contributed by atoms with van der Waals surface area (Å²) in [5, 5.41) is 5.34. The van der Waals surface area contributed by atoms with Crippen LogP contribution in [0.3, 0.4) is 0 Å². The lowest BCUT2D eigenvalue weighted by Gasteiger charge is -2.40. The molecule has 1 fully saturated rings. The molecule has 1 atom stereocenters. The molecule has 170 valence electrons. The maximum Gasteiger partial charge on any atom is 0.309 e. The van der Waals surface area contributed by atoms with Crippen LogP contribution in [0.15, 0.2) is 67.3 Å². The summed E-state index contributed by atoms with van der Waals surface area (Å²) < 4.78 is 0. The smallest absolute Gasteiger partial charge is 0.309 e. The predicted molar refractivity (Wildman–Crippen MR) is 130 cm³/mol. The minimum absolute atomic E-state index is 0.0136. The largest absolute Gasteiger partial charge is 0.378 e. The van der Waals surface area contributed by atoms with Crippen molar-refractivity contribution in [3.05, 3.63) is 72.8 Å². The van der Waals surface area contributed by atoms with E-state index >= 15 is 0 Å². The average Bonchev–Trinajstić information content (AvgIpc) is 2.83. The number of benzene rings is 2. The number of amides is 2. The highest BCUT2D eigenvalue weighted by Crippen LogP contribution is 2.25. The van der Waals surface area contributed by atoms with Crippen LogP contribution in [0, 0.1) is 0 Å². The third kappa shape index (κ3) is 6.11. The molecular formula is C25H33N5O2. The van der Waals surface area contributed by atoms with Crippen LogP contribution in [-0.2, 0) is 9.59 Å². The molecule has 2 aromatic rings. The third-order valence-electron chi connectivity index (χ3n) is 5.74. The second-order valence-electron chi connectivity index (χ2n) is 8.07. The van der Waals surface area contributed by atoms with Gasteiger partial charge in [-0.05, 0) is 29.8 Å². The summed E-state index contributed by atoms with van der Waals surface area (Å²) in [6.45, 7) is 7.74. The van der Waals surface area contributed by atoms with Crippen LogP contribution in [-0.4, -0.2) is 70.1 Å². The summed E-state index contributed by atoms with van der Waals surface area (Å²) in [6.07, 6.45) is 1.55. The molecule has 3 rings (SSSR count). The Kier molecular flexibility index (Phi) is 8.27. The van der Waals surface area contributed by atoms with Crippen molar-refractivity contribution >= 4 is 23.2 Å². The number of nitrogens with one attached hydrogen (secondary N) is 2. The van der Waals surface area contributed by atoms with Crippen molar-refractivity contribution in [3.63, 3.8) is 0 Å². The van der Waals surface area contributed by atoms with Crippen molar-refractivity contribution in [1.29, 1.82) is 0 Å². The maximum atomic E-state index is 12.3. The molecule has 1 saturated heterocycles. The van der Waals surface area contributed by atoms with Crippen molar-refractivity contribution in [2.45, 2.75) is 6.04 Å². The summed E-state index contributed by atoms with van der Waals surface area (Å²) in [5.41, 5.74) is 3.47. The van der Waals surface area contributed by atoms with E-state index < -0.39 is 11.8 Å². The Labute approximate surface area is 190 Å². The van der Waals surface area contributed by atoms with Gasteiger partial charge >= 0.3 is 11.8 Å². The molecule has 1 aliphatic rings. The molecule has 2 aromatic carbocycles. The lowest BCUT2D eigenvalue weighted by Crippen LogP contribution is -2.50. The number of piperazine rings is 1. The summed E-state index contributed by atoms with van der Waals surface area (Å²) in [6, 6.07) is 18.8. The van der Waals surface area contributed by atoms with Gasteiger partial charge in [-0.25, -0.2) is 0 Å². The van der Waals surface area contributed by atoms with Gasteiger partial charge in [-0.1, -0.05) is 36.4 Å². The van der Waals surface area contributed by atoms with Gasteiger partial charge in [0.05, 0.1) is 6.04 Å². The molecule has 0 saturated carbocycles. The fourth-order valence-corrected chi connectivity index (χ4v) is 3.90. The van der Waals surface area contributed by atoms with Gasteiger partial charge in [0.1, 0.15) is 0 Å². The van der Waals surface area contributed by atoms with E-state index in [0.29, 0.717) is 6.54 Å². The summed E-state index contributed by atoms with van der Waals surface area (Å²) >= 11 is 0. The Hall–Kier alpha value is -3.32. The zero-order valence-electron chi connectivity index (χ0n) is 19.0. The molecule has 0 unspecified atom stereocenters. The Morgan fingerprint density at radius 3 is 2.19 bits per heavy atom. The molecule has 0 spiro atoms. The summed E-state index contributed by atoms with van der Waals surface area (Å²) in [4.78, 5) is 31.0. The minimum Gasteiger partial charge on any atom is -0.378 e. The van der Waals surface area contributed by atoms with Crippen LogP contribution >= 0.6 is 0 Å². The predicted octanol–water partition coefficient (Wildman–Crippen LogP) is 2.03. The van der Waals surface area contributed by atoms with Gasteiger partial charge in [0, 0.05) is 64.7 Å². The molecule has 7 heteroatoms. The minimum atomic E-state index is -0.638. The van der Waals surface area contributed by atoms with Gasteiger partial charge in [-0.15, -0.1) is 6.58 Å². The van der Waals surface area contributed by atoms with Crippen LogP contribution in [0.5, 0.6) is 0 Å². The van der Waals surface area contributed by atoms with Crippen LogP contribution in [0.1, 0.15) is 11.6 Å². The normalized spacial score (nSPS) is 15.0. The fourth-order valence-electron chi connectivity index (χ4n) is 3.90. The highest BCUT2D eigenvalue weighted by Gasteiger charge is 2.26. The molecule has 2 amide bonds. The maximum absolute atomic E-state index is 12.3. The van der Waals surface area contributed by atoms with Crippen molar-refractivity contribution < 1.29 is 9.59 Å². The Balaban J connectivity index is 1.70. The standard InChI is InChI=1S/C25H33N5O2/c1-4-14-26-24(31)25(32)27-19-23(20-10-12-21(13-11-20)28(2)3)30-17-15-29(16-18-30)22-8-6-5-7-9-22/h4-13,23H,1,14-19H2,2-3H3,(H,26,31)(H,27,32)/t23-/m0/s1. The number of nitrogens with zero attached hydrogens (tertiary/aromatic N) is 3. The van der Waals surface area contributed by atoms with Crippen LogP contribution in [0.4, 0.5) is 11.4 Å². The van der Waals surface area contributed by atoms with E-state index in [-0.39, 0.29) is 12.6 Å².